The van der Waals surface area contributed by atoms with Gasteiger partial charge in [-0.2, -0.15) is 0 Å². The minimum Gasteiger partial charge on any atom is -0.436 e. The molecule has 4 aromatic rings. The van der Waals surface area contributed by atoms with Crippen LogP contribution < -0.4 is 0 Å². The molecule has 0 aliphatic carbocycles. The molecule has 3 aromatic carbocycles. The summed E-state index contributed by atoms with van der Waals surface area (Å²) < 4.78 is 7.96. The minimum atomic E-state index is 0.605. The zero-order chi connectivity index (χ0) is 18.1. The van der Waals surface area contributed by atoms with Gasteiger partial charge in [-0.3, -0.25) is 4.99 Å². The van der Waals surface area contributed by atoms with Gasteiger partial charge in [0.05, 0.1) is 5.69 Å². The lowest BCUT2D eigenvalue weighted by Gasteiger charge is -1.99. The summed E-state index contributed by atoms with van der Waals surface area (Å²) in [7, 11) is 0. The number of rotatable bonds is 3. The van der Waals surface area contributed by atoms with Crippen LogP contribution in [0.2, 0.25) is 0 Å². The molecule has 128 valence electrons. The smallest absolute Gasteiger partial charge is 0.227 e. The molecule has 0 saturated carbocycles. The number of fused-ring (bicyclic) bond motifs is 1. The number of hydrogen-bond donors (Lipinski definition) is 0. The Labute approximate surface area is 168 Å². The first kappa shape index (κ1) is 17.2. The van der Waals surface area contributed by atoms with E-state index in [2.05, 4.69) is 48.8 Å². The number of aromatic nitrogens is 1. The second kappa shape index (κ2) is 7.17. The van der Waals surface area contributed by atoms with Crippen LogP contribution in [0.4, 0.5) is 5.69 Å². The Kier molecular flexibility index (Phi) is 4.74. The van der Waals surface area contributed by atoms with Crippen molar-refractivity contribution in [3.63, 3.8) is 0 Å². The van der Waals surface area contributed by atoms with E-state index in [4.69, 9.17) is 4.42 Å². The highest BCUT2D eigenvalue weighted by molar-refractivity contribution is 9.10. The SMILES string of the molecule is Cc1ccc(-c2nc3cc(N=Cc4cccc(Br)c4)ccc3o2)cc1Br. The van der Waals surface area contributed by atoms with Gasteiger partial charge < -0.3 is 4.42 Å². The number of benzene rings is 3. The zero-order valence-electron chi connectivity index (χ0n) is 13.9. The van der Waals surface area contributed by atoms with Crippen molar-refractivity contribution in [2.24, 2.45) is 4.99 Å². The molecular formula is C21H14Br2N2O. The molecule has 0 bridgehead atoms. The molecule has 26 heavy (non-hydrogen) atoms. The zero-order valence-corrected chi connectivity index (χ0v) is 17.1. The van der Waals surface area contributed by atoms with Crippen molar-refractivity contribution in [2.45, 2.75) is 6.92 Å². The van der Waals surface area contributed by atoms with Gasteiger partial charge in [-0.05, 0) is 60.5 Å². The fraction of sp³-hybridized carbons (Fsp3) is 0.0476. The molecule has 0 aliphatic heterocycles. The van der Waals surface area contributed by atoms with E-state index in [0.717, 1.165) is 36.9 Å². The molecule has 1 heterocycles. The van der Waals surface area contributed by atoms with E-state index in [1.165, 1.54) is 5.56 Å². The van der Waals surface area contributed by atoms with E-state index < -0.39 is 0 Å². The van der Waals surface area contributed by atoms with Gasteiger partial charge in [-0.15, -0.1) is 0 Å². The Bertz CT molecular complexity index is 1130. The Hall–Kier alpha value is -2.24. The number of hydrogen-bond acceptors (Lipinski definition) is 3. The van der Waals surface area contributed by atoms with Crippen LogP contribution in [0.25, 0.3) is 22.6 Å². The predicted molar refractivity (Wildman–Crippen MR) is 113 cm³/mol. The third-order valence-corrected chi connectivity index (χ3v) is 5.35. The molecule has 1 aromatic heterocycles. The van der Waals surface area contributed by atoms with Gasteiger partial charge in [0.15, 0.2) is 5.58 Å². The summed E-state index contributed by atoms with van der Waals surface area (Å²) in [5, 5.41) is 0. The normalized spacial score (nSPS) is 11.5. The molecule has 0 saturated heterocycles. The largest absolute Gasteiger partial charge is 0.436 e. The van der Waals surface area contributed by atoms with Crippen LogP contribution in [0, 0.1) is 6.92 Å². The van der Waals surface area contributed by atoms with Crippen molar-refractivity contribution in [1.29, 1.82) is 0 Å². The maximum Gasteiger partial charge on any atom is 0.227 e. The minimum absolute atomic E-state index is 0.605. The molecule has 0 amide bonds. The summed E-state index contributed by atoms with van der Waals surface area (Å²) in [5.74, 6) is 0.605. The first-order chi connectivity index (χ1) is 12.6. The van der Waals surface area contributed by atoms with Crippen LogP contribution >= 0.6 is 31.9 Å². The van der Waals surface area contributed by atoms with Crippen molar-refractivity contribution in [2.75, 3.05) is 0 Å². The average molecular weight is 470 g/mol. The van der Waals surface area contributed by atoms with Crippen molar-refractivity contribution in [3.8, 4) is 11.5 Å². The van der Waals surface area contributed by atoms with Crippen molar-refractivity contribution >= 4 is 54.9 Å². The van der Waals surface area contributed by atoms with E-state index in [1.54, 1.807) is 0 Å². The monoisotopic (exact) mass is 468 g/mol. The van der Waals surface area contributed by atoms with Gasteiger partial charge in [0.2, 0.25) is 5.89 Å². The first-order valence-corrected chi connectivity index (χ1v) is 9.64. The van der Waals surface area contributed by atoms with E-state index in [-0.39, 0.29) is 0 Å². The highest BCUT2D eigenvalue weighted by atomic mass is 79.9. The molecule has 0 aliphatic rings. The van der Waals surface area contributed by atoms with Crippen molar-refractivity contribution < 1.29 is 4.42 Å². The summed E-state index contributed by atoms with van der Waals surface area (Å²) >= 11 is 7.02. The van der Waals surface area contributed by atoms with Crippen LogP contribution in [0.5, 0.6) is 0 Å². The lowest BCUT2D eigenvalue weighted by Crippen LogP contribution is -1.80. The maximum absolute atomic E-state index is 5.89. The molecule has 0 atom stereocenters. The highest BCUT2D eigenvalue weighted by Gasteiger charge is 2.10. The molecule has 0 spiro atoms. The second-order valence-corrected chi connectivity index (χ2v) is 7.72. The van der Waals surface area contributed by atoms with Crippen LogP contribution in [0.15, 0.2) is 79.0 Å². The lowest BCUT2D eigenvalue weighted by atomic mass is 10.1. The third kappa shape index (κ3) is 3.64. The van der Waals surface area contributed by atoms with E-state index >= 15 is 0 Å². The Morgan fingerprint density at radius 1 is 1.00 bits per heavy atom. The van der Waals surface area contributed by atoms with Gasteiger partial charge in [-0.25, -0.2) is 4.98 Å². The van der Waals surface area contributed by atoms with Gasteiger partial charge >= 0.3 is 0 Å². The molecule has 0 unspecified atom stereocenters. The molecule has 0 fully saturated rings. The van der Waals surface area contributed by atoms with E-state index in [9.17, 15) is 0 Å². The summed E-state index contributed by atoms with van der Waals surface area (Å²) in [6.45, 7) is 2.05. The summed E-state index contributed by atoms with van der Waals surface area (Å²) in [4.78, 5) is 9.16. The topological polar surface area (TPSA) is 38.4 Å². The number of halogens is 2. The number of aryl methyl sites for hydroxylation is 1. The molecular weight excluding hydrogens is 456 g/mol. The molecule has 5 heteroatoms. The molecule has 3 nitrogen and oxygen atoms in total. The van der Waals surface area contributed by atoms with Gasteiger partial charge in [-0.1, -0.05) is 50.1 Å². The quantitative estimate of drug-likeness (QED) is 0.300. The van der Waals surface area contributed by atoms with Crippen LogP contribution in [0.3, 0.4) is 0 Å². The molecule has 0 N–H and O–H groups in total. The Balaban J connectivity index is 1.66. The standard InChI is InChI=1S/C21H14Br2N2O/c1-13-5-6-15(10-18(13)23)21-25-19-11-17(7-8-20(19)26-21)24-12-14-3-2-4-16(22)9-14/h2-12H,1H3. The fourth-order valence-corrected chi connectivity index (χ4v) is 3.38. The lowest BCUT2D eigenvalue weighted by molar-refractivity contribution is 0.620. The highest BCUT2D eigenvalue weighted by Crippen LogP contribution is 2.29. The number of nitrogens with zero attached hydrogens (tertiary/aromatic N) is 2. The summed E-state index contributed by atoms with van der Waals surface area (Å²) in [5.41, 5.74) is 5.53. The van der Waals surface area contributed by atoms with Gasteiger partial charge in [0.25, 0.3) is 0 Å². The average Bonchev–Trinajstić information content (AvgIpc) is 3.05. The van der Waals surface area contributed by atoms with E-state index in [1.807, 2.05) is 66.9 Å². The van der Waals surface area contributed by atoms with Crippen LogP contribution in [0.1, 0.15) is 11.1 Å². The Morgan fingerprint density at radius 2 is 1.88 bits per heavy atom. The van der Waals surface area contributed by atoms with Crippen LogP contribution in [-0.4, -0.2) is 11.2 Å². The van der Waals surface area contributed by atoms with E-state index in [0.29, 0.717) is 5.89 Å². The summed E-state index contributed by atoms with van der Waals surface area (Å²) in [6.07, 6.45) is 1.84. The number of aliphatic imine (C=N–C) groups is 1. The predicted octanol–water partition coefficient (Wildman–Crippen LogP) is 7.08. The van der Waals surface area contributed by atoms with Crippen LogP contribution in [-0.2, 0) is 0 Å². The van der Waals surface area contributed by atoms with Crippen molar-refractivity contribution in [1.82, 2.24) is 4.98 Å². The van der Waals surface area contributed by atoms with Gasteiger partial charge in [0.1, 0.15) is 5.52 Å². The summed E-state index contributed by atoms with van der Waals surface area (Å²) in [6, 6.07) is 19.8. The van der Waals surface area contributed by atoms with Gasteiger partial charge in [0, 0.05) is 20.7 Å². The first-order valence-electron chi connectivity index (χ1n) is 8.05. The van der Waals surface area contributed by atoms with Crippen molar-refractivity contribution in [3.05, 3.63) is 80.7 Å². The fourth-order valence-electron chi connectivity index (χ4n) is 2.58. The molecule has 4 rings (SSSR count). The Morgan fingerprint density at radius 3 is 2.69 bits per heavy atom. The maximum atomic E-state index is 5.89. The number of oxazole rings is 1. The third-order valence-electron chi connectivity index (χ3n) is 4.00. The molecule has 0 radical (unpaired) electrons. The second-order valence-electron chi connectivity index (χ2n) is 5.95.